The minimum absolute atomic E-state index is 0.0328. The van der Waals surface area contributed by atoms with E-state index < -0.39 is 5.41 Å². The van der Waals surface area contributed by atoms with Crippen LogP contribution in [0.4, 0.5) is 5.82 Å². The average Bonchev–Trinajstić information content (AvgIpc) is 2.93. The van der Waals surface area contributed by atoms with Crippen molar-refractivity contribution in [2.24, 2.45) is 16.7 Å². The molecule has 0 spiro atoms. The first-order valence-corrected chi connectivity index (χ1v) is 7.37. The van der Waals surface area contributed by atoms with Gasteiger partial charge in [0.25, 0.3) is 0 Å². The summed E-state index contributed by atoms with van der Waals surface area (Å²) in [4.78, 5) is 16.9. The lowest BCUT2D eigenvalue weighted by Gasteiger charge is -2.37. The smallest absolute Gasteiger partial charge is 0.235 e. The lowest BCUT2D eigenvalue weighted by atomic mass is 9.68. The zero-order valence-electron chi connectivity index (χ0n) is 11.9. The molecular formula is C16H19ClN2O. The Balaban J connectivity index is 1.84. The number of nitrogens with one attached hydrogen (secondary N) is 1. The predicted octanol–water partition coefficient (Wildman–Crippen LogP) is 4.06. The first-order valence-electron chi connectivity index (χ1n) is 6.99. The van der Waals surface area contributed by atoms with E-state index in [0.717, 1.165) is 24.8 Å². The highest BCUT2D eigenvalue weighted by atomic mass is 35.5. The number of nitrogens with zero attached hydrogens (tertiary/aromatic N) is 1. The SMILES string of the molecule is C=C1C(C)(C)[C@H]2CC[C@]1(C(=O)Nc1ccc(Cl)cn1)C2. The zero-order chi connectivity index (χ0) is 14.5. The quantitative estimate of drug-likeness (QED) is 0.835. The second-order valence-corrected chi connectivity index (χ2v) is 6.97. The van der Waals surface area contributed by atoms with E-state index in [-0.39, 0.29) is 11.3 Å². The first kappa shape index (κ1) is 13.6. The summed E-state index contributed by atoms with van der Waals surface area (Å²) in [5.74, 6) is 1.15. The van der Waals surface area contributed by atoms with Gasteiger partial charge in [0.1, 0.15) is 5.82 Å². The van der Waals surface area contributed by atoms with Crippen molar-refractivity contribution >= 4 is 23.3 Å². The fraction of sp³-hybridized carbons (Fsp3) is 0.500. The molecule has 1 N–H and O–H groups in total. The lowest BCUT2D eigenvalue weighted by molar-refractivity contribution is -0.123. The van der Waals surface area contributed by atoms with E-state index in [1.54, 1.807) is 18.3 Å². The van der Waals surface area contributed by atoms with E-state index in [4.69, 9.17) is 11.6 Å². The summed E-state index contributed by atoms with van der Waals surface area (Å²) in [6.07, 6.45) is 4.46. The van der Waals surface area contributed by atoms with Gasteiger partial charge >= 0.3 is 0 Å². The van der Waals surface area contributed by atoms with Gasteiger partial charge in [0.2, 0.25) is 5.91 Å². The molecule has 2 aliphatic carbocycles. The third-order valence-electron chi connectivity index (χ3n) is 5.29. The van der Waals surface area contributed by atoms with Crippen LogP contribution in [0.3, 0.4) is 0 Å². The lowest BCUT2D eigenvalue weighted by Crippen LogP contribution is -2.37. The van der Waals surface area contributed by atoms with Crippen LogP contribution in [0.25, 0.3) is 0 Å². The summed E-state index contributed by atoms with van der Waals surface area (Å²) >= 11 is 5.81. The number of halogens is 1. The number of amides is 1. The molecule has 0 unspecified atom stereocenters. The second kappa shape index (κ2) is 4.32. The van der Waals surface area contributed by atoms with Crippen LogP contribution in [0.1, 0.15) is 33.1 Å². The Kier molecular flexibility index (Phi) is 2.94. The van der Waals surface area contributed by atoms with E-state index in [9.17, 15) is 4.79 Å². The van der Waals surface area contributed by atoms with Gasteiger partial charge in [-0.1, -0.05) is 37.6 Å². The Bertz CT molecular complexity index is 579. The number of fused-ring (bicyclic) bond motifs is 2. The molecule has 3 rings (SSSR count). The zero-order valence-corrected chi connectivity index (χ0v) is 12.6. The van der Waals surface area contributed by atoms with Gasteiger partial charge < -0.3 is 5.32 Å². The van der Waals surface area contributed by atoms with Gasteiger partial charge in [-0.25, -0.2) is 4.98 Å². The topological polar surface area (TPSA) is 42.0 Å². The molecule has 3 nitrogen and oxygen atoms in total. The molecule has 4 heteroatoms. The third-order valence-corrected chi connectivity index (χ3v) is 5.52. The largest absolute Gasteiger partial charge is 0.310 e. The predicted molar refractivity (Wildman–Crippen MR) is 80.6 cm³/mol. The Morgan fingerprint density at radius 1 is 1.50 bits per heavy atom. The number of rotatable bonds is 2. The van der Waals surface area contributed by atoms with Crippen molar-refractivity contribution in [3.8, 4) is 0 Å². The Morgan fingerprint density at radius 3 is 2.80 bits per heavy atom. The normalized spacial score (nSPS) is 30.6. The van der Waals surface area contributed by atoms with Crippen LogP contribution >= 0.6 is 11.6 Å². The summed E-state index contributed by atoms with van der Waals surface area (Å²) in [5.41, 5.74) is 0.728. The molecule has 20 heavy (non-hydrogen) atoms. The van der Waals surface area contributed by atoms with Crippen LogP contribution in [-0.4, -0.2) is 10.9 Å². The summed E-state index contributed by atoms with van der Waals surface area (Å²) < 4.78 is 0. The van der Waals surface area contributed by atoms with Crippen molar-refractivity contribution in [3.05, 3.63) is 35.5 Å². The molecule has 1 aromatic heterocycles. The number of carbonyl (C=O) groups is 1. The summed E-state index contributed by atoms with van der Waals surface area (Å²) in [6.45, 7) is 8.64. The second-order valence-electron chi connectivity index (χ2n) is 6.54. The van der Waals surface area contributed by atoms with E-state index in [0.29, 0.717) is 16.8 Å². The highest BCUT2D eigenvalue weighted by Crippen LogP contribution is 2.65. The fourth-order valence-corrected chi connectivity index (χ4v) is 3.94. The summed E-state index contributed by atoms with van der Waals surface area (Å²) in [6, 6.07) is 3.46. The van der Waals surface area contributed by atoms with Crippen LogP contribution in [0, 0.1) is 16.7 Å². The van der Waals surface area contributed by atoms with Gasteiger partial charge in [-0.05, 0) is 42.7 Å². The first-order chi connectivity index (χ1) is 9.36. The number of hydrogen-bond acceptors (Lipinski definition) is 2. The monoisotopic (exact) mass is 290 g/mol. The molecular weight excluding hydrogens is 272 g/mol. The highest BCUT2D eigenvalue weighted by molar-refractivity contribution is 6.30. The maximum atomic E-state index is 12.7. The van der Waals surface area contributed by atoms with Crippen molar-refractivity contribution in [2.45, 2.75) is 33.1 Å². The fourth-order valence-electron chi connectivity index (χ4n) is 3.83. The Hall–Kier alpha value is -1.35. The van der Waals surface area contributed by atoms with Gasteiger partial charge in [-0.15, -0.1) is 0 Å². The van der Waals surface area contributed by atoms with E-state index in [1.807, 2.05) is 0 Å². The van der Waals surface area contributed by atoms with Crippen LogP contribution in [0.2, 0.25) is 5.02 Å². The van der Waals surface area contributed by atoms with Crippen molar-refractivity contribution in [2.75, 3.05) is 5.32 Å². The molecule has 1 aromatic rings. The Labute approximate surface area is 124 Å². The molecule has 0 aliphatic heterocycles. The molecule has 2 fully saturated rings. The maximum Gasteiger partial charge on any atom is 0.235 e. The average molecular weight is 291 g/mol. The van der Waals surface area contributed by atoms with Gasteiger partial charge in [0, 0.05) is 6.20 Å². The molecule has 1 amide bonds. The van der Waals surface area contributed by atoms with E-state index >= 15 is 0 Å². The number of carbonyl (C=O) groups excluding carboxylic acids is 1. The molecule has 0 saturated heterocycles. The minimum Gasteiger partial charge on any atom is -0.310 e. The van der Waals surface area contributed by atoms with Crippen molar-refractivity contribution in [1.82, 2.24) is 4.98 Å². The molecule has 2 bridgehead atoms. The van der Waals surface area contributed by atoms with Gasteiger partial charge in [-0.2, -0.15) is 0 Å². The minimum atomic E-state index is -0.407. The number of aromatic nitrogens is 1. The molecule has 2 atom stereocenters. The van der Waals surface area contributed by atoms with Crippen LogP contribution in [0.15, 0.2) is 30.5 Å². The van der Waals surface area contributed by atoms with E-state index in [2.05, 4.69) is 30.7 Å². The molecule has 1 heterocycles. The number of anilines is 1. The summed E-state index contributed by atoms with van der Waals surface area (Å²) in [5, 5.41) is 3.49. The van der Waals surface area contributed by atoms with Crippen molar-refractivity contribution in [3.63, 3.8) is 0 Å². The van der Waals surface area contributed by atoms with Gasteiger partial charge in [0.15, 0.2) is 0 Å². The standard InChI is InChI=1S/C16H19ClN2O/c1-10-15(2,3)11-6-7-16(10,8-11)14(20)19-13-5-4-12(17)9-18-13/h4-5,9,11H,1,6-8H2,2-3H3,(H,18,19,20)/t11-,16-/m0/s1. The van der Waals surface area contributed by atoms with Crippen LogP contribution < -0.4 is 5.32 Å². The molecule has 2 aliphatic rings. The molecule has 0 radical (unpaired) electrons. The maximum absolute atomic E-state index is 12.7. The van der Waals surface area contributed by atoms with Gasteiger partial charge in [-0.3, -0.25) is 4.79 Å². The van der Waals surface area contributed by atoms with Crippen molar-refractivity contribution < 1.29 is 4.79 Å². The summed E-state index contributed by atoms with van der Waals surface area (Å²) in [7, 11) is 0. The van der Waals surface area contributed by atoms with Crippen molar-refractivity contribution in [1.29, 1.82) is 0 Å². The number of pyridine rings is 1. The van der Waals surface area contributed by atoms with Gasteiger partial charge in [0.05, 0.1) is 10.4 Å². The molecule has 0 aromatic carbocycles. The third kappa shape index (κ3) is 1.80. The van der Waals surface area contributed by atoms with E-state index in [1.165, 1.54) is 0 Å². The van der Waals surface area contributed by atoms with Crippen LogP contribution in [0.5, 0.6) is 0 Å². The Morgan fingerprint density at radius 2 is 2.25 bits per heavy atom. The molecule has 2 saturated carbocycles. The van der Waals surface area contributed by atoms with Crippen LogP contribution in [-0.2, 0) is 4.79 Å². The molecule has 106 valence electrons. The number of hydrogen-bond donors (Lipinski definition) is 1. The highest BCUT2D eigenvalue weighted by Gasteiger charge is 2.60.